The number of nitrogens with zero attached hydrogens (tertiary/aromatic N) is 1. The summed E-state index contributed by atoms with van der Waals surface area (Å²) < 4.78 is 0. The van der Waals surface area contributed by atoms with Crippen molar-refractivity contribution in [2.75, 3.05) is 0 Å². The molecule has 14 heavy (non-hydrogen) atoms. The van der Waals surface area contributed by atoms with Crippen LogP contribution in [-0.2, 0) is 6.54 Å². The molecule has 1 N–H and O–H groups in total. The molecule has 2 heteroatoms. The number of pyridine rings is 1. The van der Waals surface area contributed by atoms with Gasteiger partial charge in [-0.1, -0.05) is 12.0 Å². The van der Waals surface area contributed by atoms with Gasteiger partial charge in [-0.05, 0) is 32.4 Å². The zero-order valence-corrected chi connectivity index (χ0v) is 8.96. The van der Waals surface area contributed by atoms with Gasteiger partial charge in [0.15, 0.2) is 0 Å². The molecule has 2 nitrogen and oxygen atoms in total. The summed E-state index contributed by atoms with van der Waals surface area (Å²) in [6.07, 6.45) is 5.26. The van der Waals surface area contributed by atoms with Crippen LogP contribution in [-0.4, -0.2) is 11.0 Å². The Morgan fingerprint density at radius 2 is 2.21 bits per heavy atom. The topological polar surface area (TPSA) is 24.9 Å². The molecule has 74 valence electrons. The summed E-state index contributed by atoms with van der Waals surface area (Å²) in [6, 6.07) is 4.21. The Morgan fingerprint density at radius 1 is 1.50 bits per heavy atom. The van der Waals surface area contributed by atoms with Gasteiger partial charge in [0.05, 0.1) is 11.7 Å². The molecular weight excluding hydrogens is 172 g/mol. The van der Waals surface area contributed by atoms with Crippen molar-refractivity contribution in [1.29, 1.82) is 0 Å². The first kappa shape index (κ1) is 10.7. The number of hydrogen-bond acceptors (Lipinski definition) is 2. The lowest BCUT2D eigenvalue weighted by atomic mass is 10.2. The molecule has 1 unspecified atom stereocenters. The Bertz CT molecular complexity index is 350. The van der Waals surface area contributed by atoms with Crippen LogP contribution in [0.3, 0.4) is 0 Å². The van der Waals surface area contributed by atoms with E-state index in [0.717, 1.165) is 17.9 Å². The van der Waals surface area contributed by atoms with Gasteiger partial charge in [0.25, 0.3) is 0 Å². The van der Waals surface area contributed by atoms with E-state index in [-0.39, 0.29) is 6.04 Å². The third kappa shape index (κ3) is 2.86. The van der Waals surface area contributed by atoms with Crippen LogP contribution in [0, 0.1) is 26.2 Å². The molecule has 0 fully saturated rings. The lowest BCUT2D eigenvalue weighted by Gasteiger charge is -2.08. The van der Waals surface area contributed by atoms with Crippen LogP contribution >= 0.6 is 0 Å². The molecule has 1 rings (SSSR count). The zero-order valence-electron chi connectivity index (χ0n) is 8.96. The van der Waals surface area contributed by atoms with Crippen LogP contribution in [0.15, 0.2) is 12.1 Å². The average Bonchev–Trinajstić information content (AvgIpc) is 2.19. The lowest BCUT2D eigenvalue weighted by Crippen LogP contribution is -2.24. The van der Waals surface area contributed by atoms with Crippen LogP contribution in [0.2, 0.25) is 0 Å². The first-order valence-corrected chi connectivity index (χ1v) is 4.76. The fourth-order valence-corrected chi connectivity index (χ4v) is 1.10. The maximum Gasteiger partial charge on any atom is 0.0661 e. The molecule has 0 saturated heterocycles. The molecule has 0 amide bonds. The highest BCUT2D eigenvalue weighted by Gasteiger charge is 1.99. The molecule has 0 aliphatic heterocycles. The highest BCUT2D eigenvalue weighted by Crippen LogP contribution is 2.04. The van der Waals surface area contributed by atoms with Crippen LogP contribution in [0.25, 0.3) is 0 Å². The molecule has 1 heterocycles. The largest absolute Gasteiger partial charge is 0.298 e. The Balaban J connectivity index is 2.61. The molecule has 0 radical (unpaired) electrons. The molecule has 0 aliphatic carbocycles. The third-order valence-electron chi connectivity index (χ3n) is 2.25. The minimum absolute atomic E-state index is 0.0957. The number of aromatic nitrogens is 1. The molecule has 0 bridgehead atoms. The highest BCUT2D eigenvalue weighted by molar-refractivity contribution is 5.20. The first-order chi connectivity index (χ1) is 6.63. The quantitative estimate of drug-likeness (QED) is 0.732. The number of terminal acetylenes is 1. The van der Waals surface area contributed by atoms with Crippen molar-refractivity contribution in [2.24, 2.45) is 0 Å². The molecule has 0 aliphatic rings. The normalized spacial score (nSPS) is 12.1. The van der Waals surface area contributed by atoms with Gasteiger partial charge in [0, 0.05) is 12.2 Å². The summed E-state index contributed by atoms with van der Waals surface area (Å²) in [7, 11) is 0. The SMILES string of the molecule is C#CC(C)NCc1ccc(C)c(C)n1. The molecule has 1 aromatic rings. The second-order valence-electron chi connectivity index (χ2n) is 3.47. The van der Waals surface area contributed by atoms with Crippen LogP contribution < -0.4 is 5.32 Å². The molecule has 0 spiro atoms. The summed E-state index contributed by atoms with van der Waals surface area (Å²) in [4.78, 5) is 4.45. The van der Waals surface area contributed by atoms with Gasteiger partial charge in [-0.25, -0.2) is 0 Å². The second-order valence-corrected chi connectivity index (χ2v) is 3.47. The Morgan fingerprint density at radius 3 is 2.79 bits per heavy atom. The van der Waals surface area contributed by atoms with Crippen LogP contribution in [0.5, 0.6) is 0 Å². The molecule has 1 atom stereocenters. The first-order valence-electron chi connectivity index (χ1n) is 4.76. The maximum absolute atomic E-state index is 5.26. The van der Waals surface area contributed by atoms with Gasteiger partial charge in [-0.15, -0.1) is 6.42 Å². The Hall–Kier alpha value is -1.33. The molecule has 0 aromatic carbocycles. The number of aryl methyl sites for hydroxylation is 2. The minimum atomic E-state index is 0.0957. The molecule has 0 saturated carbocycles. The van der Waals surface area contributed by atoms with Crippen molar-refractivity contribution in [3.8, 4) is 12.3 Å². The van der Waals surface area contributed by atoms with Crippen molar-refractivity contribution >= 4 is 0 Å². The fraction of sp³-hybridized carbons (Fsp3) is 0.417. The molecule has 1 aromatic heterocycles. The standard InChI is InChI=1S/C12H16N2/c1-5-10(3)13-8-12-7-6-9(2)11(4)14-12/h1,6-7,10,13H,8H2,2-4H3. The summed E-state index contributed by atoms with van der Waals surface area (Å²) in [5, 5.41) is 3.20. The van der Waals surface area contributed by atoms with Crippen molar-refractivity contribution in [1.82, 2.24) is 10.3 Å². The van der Waals surface area contributed by atoms with Gasteiger partial charge in [0.1, 0.15) is 0 Å². The Labute approximate surface area is 85.8 Å². The Kier molecular flexibility index (Phi) is 3.67. The van der Waals surface area contributed by atoms with E-state index >= 15 is 0 Å². The van der Waals surface area contributed by atoms with Crippen molar-refractivity contribution in [3.63, 3.8) is 0 Å². The minimum Gasteiger partial charge on any atom is -0.298 e. The van der Waals surface area contributed by atoms with E-state index in [9.17, 15) is 0 Å². The predicted octanol–water partition coefficient (Wildman–Crippen LogP) is 1.81. The number of hydrogen-bond donors (Lipinski definition) is 1. The summed E-state index contributed by atoms with van der Waals surface area (Å²) in [5.41, 5.74) is 3.34. The third-order valence-corrected chi connectivity index (χ3v) is 2.25. The van der Waals surface area contributed by atoms with Gasteiger partial charge >= 0.3 is 0 Å². The van der Waals surface area contributed by atoms with Crippen molar-refractivity contribution in [2.45, 2.75) is 33.4 Å². The zero-order chi connectivity index (χ0) is 10.6. The van der Waals surface area contributed by atoms with E-state index in [2.05, 4.69) is 29.2 Å². The van der Waals surface area contributed by atoms with Crippen LogP contribution in [0.1, 0.15) is 23.9 Å². The van der Waals surface area contributed by atoms with E-state index < -0.39 is 0 Å². The fourth-order valence-electron chi connectivity index (χ4n) is 1.10. The second kappa shape index (κ2) is 4.78. The summed E-state index contributed by atoms with van der Waals surface area (Å²) in [5.74, 6) is 2.62. The van der Waals surface area contributed by atoms with Gasteiger partial charge in [0.2, 0.25) is 0 Å². The number of nitrogens with one attached hydrogen (secondary N) is 1. The van der Waals surface area contributed by atoms with Gasteiger partial charge in [-0.3, -0.25) is 10.3 Å². The molecular formula is C12H16N2. The van der Waals surface area contributed by atoms with Crippen molar-refractivity contribution in [3.05, 3.63) is 29.1 Å². The van der Waals surface area contributed by atoms with Gasteiger partial charge in [-0.2, -0.15) is 0 Å². The van der Waals surface area contributed by atoms with Crippen molar-refractivity contribution < 1.29 is 0 Å². The van der Waals surface area contributed by atoms with E-state index in [1.165, 1.54) is 5.56 Å². The summed E-state index contributed by atoms with van der Waals surface area (Å²) >= 11 is 0. The van der Waals surface area contributed by atoms with E-state index in [1.54, 1.807) is 0 Å². The van der Waals surface area contributed by atoms with E-state index in [1.807, 2.05) is 19.9 Å². The van der Waals surface area contributed by atoms with E-state index in [0.29, 0.717) is 0 Å². The number of rotatable bonds is 3. The average molecular weight is 188 g/mol. The van der Waals surface area contributed by atoms with Gasteiger partial charge < -0.3 is 0 Å². The predicted molar refractivity (Wildman–Crippen MR) is 58.8 cm³/mol. The van der Waals surface area contributed by atoms with Crippen LogP contribution in [0.4, 0.5) is 0 Å². The lowest BCUT2D eigenvalue weighted by molar-refractivity contribution is 0.636. The monoisotopic (exact) mass is 188 g/mol. The van der Waals surface area contributed by atoms with E-state index in [4.69, 9.17) is 6.42 Å². The maximum atomic E-state index is 5.26. The smallest absolute Gasteiger partial charge is 0.0661 e. The highest BCUT2D eigenvalue weighted by atomic mass is 14.9. The summed E-state index contributed by atoms with van der Waals surface area (Å²) in [6.45, 7) is 6.76.